The maximum atomic E-state index is 8.88. The fourth-order valence-electron chi connectivity index (χ4n) is 2.35. The van der Waals surface area contributed by atoms with E-state index in [0.717, 1.165) is 37.6 Å². The molecule has 0 aromatic carbocycles. The largest absolute Gasteiger partial charge is 0.396 e. The number of aromatic nitrogens is 1. The van der Waals surface area contributed by atoms with Crippen LogP contribution in [0.5, 0.6) is 0 Å². The van der Waals surface area contributed by atoms with Gasteiger partial charge in [-0.05, 0) is 31.9 Å². The average molecular weight is 249 g/mol. The van der Waals surface area contributed by atoms with Gasteiger partial charge in [0, 0.05) is 45.0 Å². The van der Waals surface area contributed by atoms with E-state index in [4.69, 9.17) is 5.11 Å². The normalized spacial score (nSPS) is 17.4. The molecular formula is C14H23N3O. The lowest BCUT2D eigenvalue weighted by atomic mass is 10.2. The monoisotopic (exact) mass is 249 g/mol. The van der Waals surface area contributed by atoms with Gasteiger partial charge in [0.05, 0.1) is 0 Å². The van der Waals surface area contributed by atoms with Crippen molar-refractivity contribution >= 4 is 5.82 Å². The molecule has 0 radical (unpaired) electrons. The number of aliphatic hydroxyl groups is 1. The zero-order valence-electron chi connectivity index (χ0n) is 11.3. The van der Waals surface area contributed by atoms with Gasteiger partial charge in [0.2, 0.25) is 0 Å². The summed E-state index contributed by atoms with van der Waals surface area (Å²) in [6.45, 7) is 8.99. The van der Waals surface area contributed by atoms with Crippen molar-refractivity contribution in [1.82, 2.24) is 9.88 Å². The van der Waals surface area contributed by atoms with E-state index < -0.39 is 0 Å². The highest BCUT2D eigenvalue weighted by atomic mass is 16.2. The van der Waals surface area contributed by atoms with Crippen LogP contribution in [0.15, 0.2) is 18.3 Å². The van der Waals surface area contributed by atoms with Gasteiger partial charge < -0.3 is 10.0 Å². The standard InChI is InChI=1S/C14H23N3O/c1-12(2)16-6-8-17(9-7-16)14-4-3-13(5-10-18)11-15-14/h3-4,11-12,18H,5-10H2,1-2H3. The second-order valence-corrected chi connectivity index (χ2v) is 5.12. The van der Waals surface area contributed by atoms with E-state index in [0.29, 0.717) is 12.5 Å². The van der Waals surface area contributed by atoms with Crippen LogP contribution in [-0.4, -0.2) is 53.8 Å². The quantitative estimate of drug-likeness (QED) is 0.869. The van der Waals surface area contributed by atoms with Crippen LogP contribution in [0.3, 0.4) is 0 Å². The molecule has 1 aliphatic heterocycles. The molecule has 1 aromatic rings. The fraction of sp³-hybridized carbons (Fsp3) is 0.643. The third-order valence-corrected chi connectivity index (χ3v) is 3.58. The van der Waals surface area contributed by atoms with E-state index in [2.05, 4.69) is 40.8 Å². The molecule has 0 saturated carbocycles. The molecule has 0 amide bonds. The summed E-state index contributed by atoms with van der Waals surface area (Å²) in [6.07, 6.45) is 2.56. The lowest BCUT2D eigenvalue weighted by Crippen LogP contribution is -2.49. The van der Waals surface area contributed by atoms with Crippen LogP contribution in [0.2, 0.25) is 0 Å². The number of anilines is 1. The summed E-state index contributed by atoms with van der Waals surface area (Å²) in [7, 11) is 0. The van der Waals surface area contributed by atoms with E-state index in [1.54, 1.807) is 0 Å². The van der Waals surface area contributed by atoms with Gasteiger partial charge in [-0.1, -0.05) is 6.07 Å². The minimum atomic E-state index is 0.189. The minimum absolute atomic E-state index is 0.189. The second-order valence-electron chi connectivity index (χ2n) is 5.12. The smallest absolute Gasteiger partial charge is 0.128 e. The van der Waals surface area contributed by atoms with Gasteiger partial charge in [0.15, 0.2) is 0 Å². The van der Waals surface area contributed by atoms with Crippen LogP contribution >= 0.6 is 0 Å². The maximum Gasteiger partial charge on any atom is 0.128 e. The van der Waals surface area contributed by atoms with Gasteiger partial charge in [-0.2, -0.15) is 0 Å². The van der Waals surface area contributed by atoms with E-state index in [-0.39, 0.29) is 6.61 Å². The molecule has 0 bridgehead atoms. The Hall–Kier alpha value is -1.13. The van der Waals surface area contributed by atoms with Crippen molar-refractivity contribution in [3.8, 4) is 0 Å². The molecule has 0 unspecified atom stereocenters. The molecular weight excluding hydrogens is 226 g/mol. The lowest BCUT2D eigenvalue weighted by Gasteiger charge is -2.37. The second kappa shape index (κ2) is 6.16. The highest BCUT2D eigenvalue weighted by molar-refractivity contribution is 5.40. The first-order chi connectivity index (χ1) is 8.70. The molecule has 1 aliphatic rings. The van der Waals surface area contributed by atoms with E-state index in [9.17, 15) is 0 Å². The predicted octanol–water partition coefficient (Wildman–Crippen LogP) is 1.15. The molecule has 2 heterocycles. The molecule has 18 heavy (non-hydrogen) atoms. The van der Waals surface area contributed by atoms with Crippen LogP contribution in [-0.2, 0) is 6.42 Å². The number of pyridine rings is 1. The Balaban J connectivity index is 1.93. The van der Waals surface area contributed by atoms with Crippen molar-refractivity contribution in [2.75, 3.05) is 37.7 Å². The third-order valence-electron chi connectivity index (χ3n) is 3.58. The number of rotatable bonds is 4. The summed E-state index contributed by atoms with van der Waals surface area (Å²) >= 11 is 0. The molecule has 4 nitrogen and oxygen atoms in total. The van der Waals surface area contributed by atoms with Crippen molar-refractivity contribution in [3.05, 3.63) is 23.9 Å². The Morgan fingerprint density at radius 2 is 1.94 bits per heavy atom. The molecule has 0 atom stereocenters. The van der Waals surface area contributed by atoms with Crippen LogP contribution < -0.4 is 4.90 Å². The average Bonchev–Trinajstić information content (AvgIpc) is 2.40. The zero-order chi connectivity index (χ0) is 13.0. The third kappa shape index (κ3) is 3.21. The number of hydrogen-bond donors (Lipinski definition) is 1. The summed E-state index contributed by atoms with van der Waals surface area (Å²) in [5.74, 6) is 1.06. The number of nitrogens with zero attached hydrogens (tertiary/aromatic N) is 3. The Morgan fingerprint density at radius 3 is 2.44 bits per heavy atom. The molecule has 100 valence electrons. The molecule has 4 heteroatoms. The first kappa shape index (κ1) is 13.3. The van der Waals surface area contributed by atoms with Crippen molar-refractivity contribution < 1.29 is 5.11 Å². The molecule has 1 saturated heterocycles. The maximum absolute atomic E-state index is 8.88. The first-order valence-electron chi connectivity index (χ1n) is 6.75. The van der Waals surface area contributed by atoms with Gasteiger partial charge in [-0.25, -0.2) is 4.98 Å². The van der Waals surface area contributed by atoms with Crippen molar-refractivity contribution in [3.63, 3.8) is 0 Å². The van der Waals surface area contributed by atoms with Gasteiger partial charge in [0.25, 0.3) is 0 Å². The van der Waals surface area contributed by atoms with E-state index >= 15 is 0 Å². The Labute approximate surface area is 109 Å². The van der Waals surface area contributed by atoms with Crippen molar-refractivity contribution in [1.29, 1.82) is 0 Å². The molecule has 1 fully saturated rings. The highest BCUT2D eigenvalue weighted by Crippen LogP contribution is 2.15. The summed E-state index contributed by atoms with van der Waals surface area (Å²) in [5.41, 5.74) is 1.10. The Bertz CT molecular complexity index is 356. The zero-order valence-corrected chi connectivity index (χ0v) is 11.3. The van der Waals surface area contributed by atoms with E-state index in [1.165, 1.54) is 0 Å². The molecule has 2 rings (SSSR count). The van der Waals surface area contributed by atoms with Gasteiger partial charge in [-0.3, -0.25) is 4.90 Å². The fourth-order valence-corrected chi connectivity index (χ4v) is 2.35. The van der Waals surface area contributed by atoms with Crippen molar-refractivity contribution in [2.24, 2.45) is 0 Å². The lowest BCUT2D eigenvalue weighted by molar-refractivity contribution is 0.209. The number of hydrogen-bond acceptors (Lipinski definition) is 4. The molecule has 1 aromatic heterocycles. The SMILES string of the molecule is CC(C)N1CCN(c2ccc(CCO)cn2)CC1. The topological polar surface area (TPSA) is 39.6 Å². The number of piperazine rings is 1. The van der Waals surface area contributed by atoms with Gasteiger partial charge in [-0.15, -0.1) is 0 Å². The molecule has 0 aliphatic carbocycles. The van der Waals surface area contributed by atoms with Gasteiger partial charge >= 0.3 is 0 Å². The first-order valence-corrected chi connectivity index (χ1v) is 6.75. The Morgan fingerprint density at radius 1 is 1.22 bits per heavy atom. The summed E-state index contributed by atoms with van der Waals surface area (Å²) in [5, 5.41) is 8.88. The molecule has 1 N–H and O–H groups in total. The van der Waals surface area contributed by atoms with Crippen LogP contribution in [0.4, 0.5) is 5.82 Å². The number of aliphatic hydroxyl groups excluding tert-OH is 1. The molecule has 0 spiro atoms. The predicted molar refractivity (Wildman–Crippen MR) is 73.9 cm³/mol. The van der Waals surface area contributed by atoms with E-state index in [1.807, 2.05) is 6.20 Å². The van der Waals surface area contributed by atoms with Gasteiger partial charge in [0.1, 0.15) is 5.82 Å². The minimum Gasteiger partial charge on any atom is -0.396 e. The Kier molecular flexibility index (Phi) is 4.55. The van der Waals surface area contributed by atoms with Crippen LogP contribution in [0.1, 0.15) is 19.4 Å². The van der Waals surface area contributed by atoms with Crippen LogP contribution in [0.25, 0.3) is 0 Å². The highest BCUT2D eigenvalue weighted by Gasteiger charge is 2.19. The summed E-state index contributed by atoms with van der Waals surface area (Å²) in [6, 6.07) is 4.76. The van der Waals surface area contributed by atoms with Crippen LogP contribution in [0, 0.1) is 0 Å². The summed E-state index contributed by atoms with van der Waals surface area (Å²) in [4.78, 5) is 9.32. The van der Waals surface area contributed by atoms with Crippen molar-refractivity contribution in [2.45, 2.75) is 26.3 Å². The summed E-state index contributed by atoms with van der Waals surface area (Å²) < 4.78 is 0.